The van der Waals surface area contributed by atoms with Gasteiger partial charge < -0.3 is 20.0 Å². The molecule has 208 valence electrons. The van der Waals surface area contributed by atoms with Gasteiger partial charge in [-0.1, -0.05) is 12.1 Å². The van der Waals surface area contributed by atoms with Crippen LogP contribution in [0.1, 0.15) is 15.9 Å². The summed E-state index contributed by atoms with van der Waals surface area (Å²) in [5, 5.41) is 9.71. The van der Waals surface area contributed by atoms with Gasteiger partial charge in [0.05, 0.1) is 17.8 Å². The number of rotatable bonds is 8. The summed E-state index contributed by atoms with van der Waals surface area (Å²) >= 11 is 3.18. The lowest BCUT2D eigenvalue weighted by Gasteiger charge is -2.20. The van der Waals surface area contributed by atoms with Crippen molar-refractivity contribution in [3.05, 3.63) is 82.2 Å². The quantitative estimate of drug-likeness (QED) is 0.225. The van der Waals surface area contributed by atoms with Crippen LogP contribution in [-0.2, 0) is 6.18 Å². The number of carbonyl (C=O) groups excluding carboxylic acids is 1. The first-order chi connectivity index (χ1) is 18.9. The molecule has 0 atom stereocenters. The molecule has 4 aromatic rings. The molecule has 15 heteroatoms. The van der Waals surface area contributed by atoms with Gasteiger partial charge >= 0.3 is 12.3 Å². The number of alkyl halides is 3. The number of nitrogens with two attached hydrogens (primary N) is 1. The molecule has 9 nitrogen and oxygen atoms in total. The first-order valence-corrected chi connectivity index (χ1v) is 11.9. The monoisotopic (exact) mass is 626 g/mol. The molecule has 0 aliphatic carbocycles. The lowest BCUT2D eigenvalue weighted by Crippen LogP contribution is -2.33. The Bertz CT molecular complexity index is 1580. The van der Waals surface area contributed by atoms with Crippen molar-refractivity contribution in [2.45, 2.75) is 6.18 Å². The van der Waals surface area contributed by atoms with Gasteiger partial charge in [0, 0.05) is 11.8 Å². The number of hydrogen-bond acceptors (Lipinski definition) is 6. The van der Waals surface area contributed by atoms with Crippen molar-refractivity contribution in [2.75, 3.05) is 18.1 Å². The van der Waals surface area contributed by atoms with Crippen LogP contribution in [0.15, 0.2) is 63.8 Å². The first-order valence-electron chi connectivity index (χ1n) is 11.1. The third-order valence-corrected chi connectivity index (χ3v) is 5.99. The van der Waals surface area contributed by atoms with Crippen molar-refractivity contribution in [1.29, 1.82) is 0 Å². The maximum absolute atomic E-state index is 14.4. The fraction of sp³-hybridized carbons (Fsp3) is 0.120. The summed E-state index contributed by atoms with van der Waals surface area (Å²) in [6, 6.07) is 8.64. The lowest BCUT2D eigenvalue weighted by atomic mass is 10.1. The van der Waals surface area contributed by atoms with Crippen LogP contribution in [0.25, 0.3) is 22.8 Å². The van der Waals surface area contributed by atoms with Crippen LogP contribution in [0, 0.1) is 11.6 Å². The highest BCUT2D eigenvalue weighted by atomic mass is 79.9. The highest BCUT2D eigenvalue weighted by Gasteiger charge is 2.30. The van der Waals surface area contributed by atoms with E-state index in [1.165, 1.54) is 30.5 Å². The Hall–Kier alpha value is -4.53. The summed E-state index contributed by atoms with van der Waals surface area (Å²) in [6.07, 6.45) is -4.64. The minimum Gasteiger partial charge on any atom is -0.489 e. The molecule has 2 aromatic carbocycles. The fourth-order valence-corrected chi connectivity index (χ4v) is 4.03. The van der Waals surface area contributed by atoms with Crippen LogP contribution in [0.5, 0.6) is 5.75 Å². The Morgan fingerprint density at radius 3 is 2.42 bits per heavy atom. The van der Waals surface area contributed by atoms with E-state index < -0.39 is 53.3 Å². The van der Waals surface area contributed by atoms with E-state index >= 15 is 0 Å². The molecule has 0 saturated heterocycles. The highest BCUT2D eigenvalue weighted by Crippen LogP contribution is 2.35. The zero-order valence-electron chi connectivity index (χ0n) is 19.9. The standard InChI is InChI=1S/C25H16BrF5N4O5/c26-21-20(12-1-3-13(4-2-12)25(29,30)31)34-23(40-21)16-11-14(7-8-33-16)35(24(37)38)9-10-39-17-6-5-15(27)18(19(17)28)22(32)36/h1-8,11H,9-10H2,(H2,32,36)(H,37,38). The van der Waals surface area contributed by atoms with Crippen LogP contribution < -0.4 is 15.4 Å². The van der Waals surface area contributed by atoms with E-state index in [-0.39, 0.29) is 34.2 Å². The van der Waals surface area contributed by atoms with Gasteiger partial charge in [-0.25, -0.2) is 18.6 Å². The summed E-state index contributed by atoms with van der Waals surface area (Å²) in [6.45, 7) is -0.721. The molecular weight excluding hydrogens is 611 g/mol. The molecule has 0 aliphatic rings. The predicted molar refractivity (Wildman–Crippen MR) is 134 cm³/mol. The molecule has 0 aliphatic heterocycles. The molecule has 40 heavy (non-hydrogen) atoms. The predicted octanol–water partition coefficient (Wildman–Crippen LogP) is 6.13. The molecule has 2 heterocycles. The van der Waals surface area contributed by atoms with Crippen molar-refractivity contribution in [3.63, 3.8) is 0 Å². The summed E-state index contributed by atoms with van der Waals surface area (Å²) in [5.74, 6) is -4.39. The summed E-state index contributed by atoms with van der Waals surface area (Å²) in [4.78, 5) is 32.4. The molecule has 0 spiro atoms. The van der Waals surface area contributed by atoms with Crippen molar-refractivity contribution in [2.24, 2.45) is 5.73 Å². The van der Waals surface area contributed by atoms with Crippen molar-refractivity contribution < 1.29 is 45.8 Å². The molecule has 0 saturated carbocycles. The second kappa shape index (κ2) is 11.3. The average Bonchev–Trinajstić information content (AvgIpc) is 3.28. The minimum absolute atomic E-state index is 0.0578. The number of primary amides is 1. The van der Waals surface area contributed by atoms with Gasteiger partial charge in [-0.15, -0.1) is 0 Å². The number of aromatic nitrogens is 2. The van der Waals surface area contributed by atoms with Crippen LogP contribution in [-0.4, -0.2) is 40.2 Å². The van der Waals surface area contributed by atoms with E-state index in [0.29, 0.717) is 5.56 Å². The van der Waals surface area contributed by atoms with Gasteiger partial charge in [0.15, 0.2) is 16.2 Å². The SMILES string of the molecule is NC(=O)c1c(F)ccc(OCCN(C(=O)O)c2ccnc(-c3nc(-c4ccc(C(F)(F)F)cc4)c(Br)o3)c2)c1F. The number of hydrogen-bond donors (Lipinski definition) is 2. The zero-order valence-corrected chi connectivity index (χ0v) is 21.5. The van der Waals surface area contributed by atoms with Crippen molar-refractivity contribution in [3.8, 4) is 28.6 Å². The Balaban J connectivity index is 1.53. The number of halogens is 6. The van der Waals surface area contributed by atoms with Gasteiger partial charge in [-0.3, -0.25) is 14.7 Å². The van der Waals surface area contributed by atoms with Crippen LogP contribution in [0.4, 0.5) is 32.4 Å². The summed E-state index contributed by atoms with van der Waals surface area (Å²) in [7, 11) is 0. The maximum atomic E-state index is 14.4. The van der Waals surface area contributed by atoms with E-state index in [2.05, 4.69) is 25.9 Å². The Labute approximate surface area is 230 Å². The largest absolute Gasteiger partial charge is 0.489 e. The molecule has 0 fully saturated rings. The van der Waals surface area contributed by atoms with Gasteiger partial charge in [0.2, 0.25) is 5.89 Å². The number of carbonyl (C=O) groups is 2. The number of carboxylic acid groups (broad SMARTS) is 1. The van der Waals surface area contributed by atoms with Crippen LogP contribution in [0.3, 0.4) is 0 Å². The lowest BCUT2D eigenvalue weighted by molar-refractivity contribution is -0.137. The minimum atomic E-state index is -4.50. The molecular formula is C25H16BrF5N4O5. The van der Waals surface area contributed by atoms with Crippen molar-refractivity contribution >= 4 is 33.6 Å². The van der Waals surface area contributed by atoms with Gasteiger partial charge in [-0.05, 0) is 52.3 Å². The number of anilines is 1. The highest BCUT2D eigenvalue weighted by molar-refractivity contribution is 9.10. The third-order valence-electron chi connectivity index (χ3n) is 5.45. The third kappa shape index (κ3) is 6.03. The van der Waals surface area contributed by atoms with Crippen LogP contribution in [0.2, 0.25) is 0 Å². The van der Waals surface area contributed by atoms with Crippen LogP contribution >= 0.6 is 15.9 Å². The number of ether oxygens (including phenoxy) is 1. The number of nitrogens with zero attached hydrogens (tertiary/aromatic N) is 3. The first kappa shape index (κ1) is 28.5. The Kier molecular flexibility index (Phi) is 8.04. The normalized spacial score (nSPS) is 11.3. The molecule has 3 N–H and O–H groups in total. The van der Waals surface area contributed by atoms with E-state index in [4.69, 9.17) is 14.9 Å². The fourth-order valence-electron chi connectivity index (χ4n) is 3.56. The number of pyridine rings is 1. The van der Waals surface area contributed by atoms with Crippen molar-refractivity contribution in [1.82, 2.24) is 9.97 Å². The maximum Gasteiger partial charge on any atom is 0.416 e. The Morgan fingerprint density at radius 2 is 1.80 bits per heavy atom. The number of oxazole rings is 1. The topological polar surface area (TPSA) is 132 Å². The van der Waals surface area contributed by atoms with Gasteiger partial charge in [-0.2, -0.15) is 13.2 Å². The molecule has 0 unspecified atom stereocenters. The average molecular weight is 627 g/mol. The summed E-state index contributed by atoms with van der Waals surface area (Å²) in [5.41, 5.74) is 3.87. The summed E-state index contributed by atoms with van der Waals surface area (Å²) < 4.78 is 77.6. The van der Waals surface area contributed by atoms with E-state index in [9.17, 15) is 36.6 Å². The Morgan fingerprint density at radius 1 is 1.10 bits per heavy atom. The molecule has 4 rings (SSSR count). The number of benzene rings is 2. The van der Waals surface area contributed by atoms with E-state index in [0.717, 1.165) is 29.2 Å². The smallest absolute Gasteiger partial charge is 0.416 e. The molecule has 0 bridgehead atoms. The zero-order chi connectivity index (χ0) is 29.2. The second-order valence-corrected chi connectivity index (χ2v) is 8.72. The molecule has 2 amide bonds. The number of amides is 2. The second-order valence-electron chi connectivity index (χ2n) is 8.00. The van der Waals surface area contributed by atoms with Gasteiger partial charge in [0.1, 0.15) is 29.4 Å². The molecule has 2 aromatic heterocycles. The van der Waals surface area contributed by atoms with E-state index in [1.54, 1.807) is 0 Å². The molecule has 0 radical (unpaired) electrons. The van der Waals surface area contributed by atoms with Gasteiger partial charge in [0.25, 0.3) is 5.91 Å². The van der Waals surface area contributed by atoms with E-state index in [1.807, 2.05) is 0 Å².